The maximum absolute atomic E-state index is 12.2. The molecule has 2 aromatic rings. The van der Waals surface area contributed by atoms with E-state index >= 15 is 0 Å². The minimum atomic E-state index is -3.86. The summed E-state index contributed by atoms with van der Waals surface area (Å²) in [5.41, 5.74) is 0.566. The molecule has 0 unspecified atom stereocenters. The molecule has 0 atom stereocenters. The van der Waals surface area contributed by atoms with Crippen molar-refractivity contribution < 1.29 is 18.3 Å². The number of carboxylic acid groups (broad SMARTS) is 1. The Hall–Kier alpha value is -2.29. The van der Waals surface area contributed by atoms with Crippen molar-refractivity contribution in [1.82, 2.24) is 14.8 Å². The molecule has 2 aromatic heterocycles. The van der Waals surface area contributed by atoms with Crippen LogP contribution in [0.3, 0.4) is 0 Å². The lowest BCUT2D eigenvalue weighted by molar-refractivity contribution is 0.0685. The molecule has 0 saturated heterocycles. The van der Waals surface area contributed by atoms with Crippen molar-refractivity contribution in [1.29, 1.82) is 0 Å². The number of H-pyrrole nitrogens is 1. The number of aryl methyl sites for hydroxylation is 2. The Bertz CT molecular complexity index is 744. The monoisotopic (exact) mass is 298 g/mol. The number of carboxylic acids is 1. The molecule has 0 bridgehead atoms. The molecule has 0 saturated carbocycles. The first-order chi connectivity index (χ1) is 9.35. The molecule has 0 aliphatic carbocycles. The summed E-state index contributed by atoms with van der Waals surface area (Å²) in [7, 11) is -3.86. The van der Waals surface area contributed by atoms with E-state index in [1.165, 1.54) is 17.0 Å². The number of hydrogen-bond acceptors (Lipinski definition) is 4. The third-order valence-electron chi connectivity index (χ3n) is 2.81. The number of aromatic nitrogens is 3. The zero-order valence-electron chi connectivity index (χ0n) is 10.9. The number of nitrogens with one attached hydrogen (secondary N) is 2. The van der Waals surface area contributed by atoms with Gasteiger partial charge in [-0.15, -0.1) is 0 Å². The van der Waals surface area contributed by atoms with Crippen molar-refractivity contribution in [2.75, 3.05) is 4.72 Å². The lowest BCUT2D eigenvalue weighted by atomic mass is 10.4. The fourth-order valence-corrected chi connectivity index (χ4v) is 2.84. The second-order valence-corrected chi connectivity index (χ2v) is 5.87. The zero-order chi connectivity index (χ0) is 14.9. The third kappa shape index (κ3) is 2.52. The van der Waals surface area contributed by atoms with Crippen molar-refractivity contribution in [3.8, 4) is 0 Å². The van der Waals surface area contributed by atoms with Crippen molar-refractivity contribution in [2.45, 2.75) is 25.3 Å². The minimum absolute atomic E-state index is 0.0748. The van der Waals surface area contributed by atoms with Gasteiger partial charge in [0.25, 0.3) is 10.0 Å². The molecule has 0 fully saturated rings. The molecule has 8 nitrogen and oxygen atoms in total. The predicted octanol–water partition coefficient (Wildman–Crippen LogP) is 1.04. The van der Waals surface area contributed by atoms with Crippen LogP contribution in [0.4, 0.5) is 5.82 Å². The van der Waals surface area contributed by atoms with Crippen LogP contribution in [0, 0.1) is 6.92 Å². The van der Waals surface area contributed by atoms with Gasteiger partial charge in [0.05, 0.1) is 6.20 Å². The van der Waals surface area contributed by atoms with Crippen molar-refractivity contribution >= 4 is 21.8 Å². The molecule has 0 aromatic carbocycles. The molecule has 2 heterocycles. The van der Waals surface area contributed by atoms with Gasteiger partial charge in [0.2, 0.25) is 0 Å². The van der Waals surface area contributed by atoms with Crippen LogP contribution in [0.15, 0.2) is 23.4 Å². The highest BCUT2D eigenvalue weighted by atomic mass is 32.2. The first kappa shape index (κ1) is 14.1. The van der Waals surface area contributed by atoms with Crippen LogP contribution in [-0.2, 0) is 16.6 Å². The summed E-state index contributed by atoms with van der Waals surface area (Å²) in [6.07, 6.45) is 2.77. The van der Waals surface area contributed by atoms with Crippen LogP contribution in [-0.4, -0.2) is 34.3 Å². The SMILES string of the molecule is CCn1cc(S(=O)(=O)Nc2[nH]ncc2C)cc1C(=O)O. The molecule has 0 radical (unpaired) electrons. The summed E-state index contributed by atoms with van der Waals surface area (Å²) in [6.45, 7) is 3.79. The molecular weight excluding hydrogens is 284 g/mol. The molecule has 20 heavy (non-hydrogen) atoms. The molecular formula is C11H14N4O4S. The maximum atomic E-state index is 12.2. The average Bonchev–Trinajstić information content (AvgIpc) is 2.96. The lowest BCUT2D eigenvalue weighted by Gasteiger charge is -2.04. The summed E-state index contributed by atoms with van der Waals surface area (Å²) < 4.78 is 28.1. The van der Waals surface area contributed by atoms with Gasteiger partial charge in [0.1, 0.15) is 16.4 Å². The fourth-order valence-electron chi connectivity index (χ4n) is 1.71. The van der Waals surface area contributed by atoms with E-state index < -0.39 is 16.0 Å². The van der Waals surface area contributed by atoms with Gasteiger partial charge in [0.15, 0.2) is 0 Å². The van der Waals surface area contributed by atoms with Crippen LogP contribution >= 0.6 is 0 Å². The standard InChI is InChI=1S/C11H14N4O4S/c1-3-15-6-8(4-9(15)11(16)17)20(18,19)14-10-7(2)5-12-13-10/h4-6H,3H2,1-2H3,(H,16,17)(H2,12,13,14). The van der Waals surface area contributed by atoms with E-state index in [9.17, 15) is 13.2 Å². The summed E-state index contributed by atoms with van der Waals surface area (Å²) in [6, 6.07) is 1.12. The predicted molar refractivity (Wildman–Crippen MR) is 71.2 cm³/mol. The lowest BCUT2D eigenvalue weighted by Crippen LogP contribution is -2.13. The van der Waals surface area contributed by atoms with Gasteiger partial charge in [0, 0.05) is 18.3 Å². The number of anilines is 1. The smallest absolute Gasteiger partial charge is 0.352 e. The summed E-state index contributed by atoms with van der Waals surface area (Å²) in [4.78, 5) is 10.9. The maximum Gasteiger partial charge on any atom is 0.352 e. The highest BCUT2D eigenvalue weighted by molar-refractivity contribution is 7.92. The van der Waals surface area contributed by atoms with E-state index in [1.807, 2.05) is 0 Å². The van der Waals surface area contributed by atoms with E-state index in [-0.39, 0.29) is 16.4 Å². The molecule has 0 spiro atoms. The van der Waals surface area contributed by atoms with Crippen molar-refractivity contribution in [2.24, 2.45) is 0 Å². The normalized spacial score (nSPS) is 11.5. The van der Waals surface area contributed by atoms with Crippen LogP contribution in [0.1, 0.15) is 23.0 Å². The van der Waals surface area contributed by atoms with Crippen LogP contribution < -0.4 is 4.72 Å². The third-order valence-corrected chi connectivity index (χ3v) is 4.12. The second-order valence-electron chi connectivity index (χ2n) is 4.19. The fraction of sp³-hybridized carbons (Fsp3) is 0.273. The largest absolute Gasteiger partial charge is 0.477 e. The van der Waals surface area contributed by atoms with Crippen LogP contribution in [0.25, 0.3) is 0 Å². The minimum Gasteiger partial charge on any atom is -0.477 e. The molecule has 2 rings (SSSR count). The van der Waals surface area contributed by atoms with E-state index in [1.54, 1.807) is 13.8 Å². The molecule has 108 valence electrons. The summed E-state index contributed by atoms with van der Waals surface area (Å²) in [5, 5.41) is 15.3. The molecule has 0 amide bonds. The van der Waals surface area contributed by atoms with Gasteiger partial charge in [-0.3, -0.25) is 9.82 Å². The van der Waals surface area contributed by atoms with Crippen molar-refractivity contribution in [3.63, 3.8) is 0 Å². The Morgan fingerprint density at radius 3 is 2.70 bits per heavy atom. The van der Waals surface area contributed by atoms with Crippen molar-refractivity contribution in [3.05, 3.63) is 29.7 Å². The van der Waals surface area contributed by atoms with E-state index in [0.29, 0.717) is 12.1 Å². The van der Waals surface area contributed by atoms with Gasteiger partial charge in [-0.05, 0) is 19.9 Å². The van der Waals surface area contributed by atoms with Gasteiger partial charge in [-0.1, -0.05) is 0 Å². The summed E-state index contributed by atoms with van der Waals surface area (Å²) >= 11 is 0. The molecule has 0 aliphatic rings. The quantitative estimate of drug-likeness (QED) is 0.762. The summed E-state index contributed by atoms with van der Waals surface area (Å²) in [5.74, 6) is -0.919. The van der Waals surface area contributed by atoms with Gasteiger partial charge >= 0.3 is 5.97 Å². The Morgan fingerprint density at radius 2 is 2.25 bits per heavy atom. The zero-order valence-corrected chi connectivity index (χ0v) is 11.7. The number of sulfonamides is 1. The Morgan fingerprint density at radius 1 is 1.55 bits per heavy atom. The highest BCUT2D eigenvalue weighted by Gasteiger charge is 2.22. The molecule has 0 aliphatic heterocycles. The van der Waals surface area contributed by atoms with Gasteiger partial charge < -0.3 is 9.67 Å². The topological polar surface area (TPSA) is 117 Å². The Balaban J connectivity index is 2.40. The number of aromatic carboxylic acids is 1. The van der Waals surface area contributed by atoms with E-state index in [4.69, 9.17) is 5.11 Å². The average molecular weight is 298 g/mol. The number of carbonyl (C=O) groups is 1. The van der Waals surface area contributed by atoms with Crippen LogP contribution in [0.2, 0.25) is 0 Å². The first-order valence-corrected chi connectivity index (χ1v) is 7.29. The van der Waals surface area contributed by atoms with Crippen LogP contribution in [0.5, 0.6) is 0 Å². The Kier molecular flexibility index (Phi) is 3.53. The molecule has 9 heteroatoms. The second kappa shape index (κ2) is 5.00. The van der Waals surface area contributed by atoms with Gasteiger partial charge in [-0.25, -0.2) is 13.2 Å². The van der Waals surface area contributed by atoms with E-state index in [2.05, 4.69) is 14.9 Å². The number of nitrogens with zero attached hydrogens (tertiary/aromatic N) is 2. The Labute approximate surface area is 115 Å². The van der Waals surface area contributed by atoms with Gasteiger partial charge in [-0.2, -0.15) is 5.10 Å². The van der Waals surface area contributed by atoms with E-state index in [0.717, 1.165) is 6.07 Å². The first-order valence-electron chi connectivity index (χ1n) is 5.81. The number of aromatic amines is 1. The number of hydrogen-bond donors (Lipinski definition) is 3. The molecule has 3 N–H and O–H groups in total. The number of rotatable bonds is 5. The highest BCUT2D eigenvalue weighted by Crippen LogP contribution is 2.19.